The van der Waals surface area contributed by atoms with Crippen molar-refractivity contribution >= 4 is 70.1 Å². The average molecular weight is 757 g/mol. The van der Waals surface area contributed by atoms with Crippen LogP contribution in [0.5, 0.6) is 0 Å². The van der Waals surface area contributed by atoms with E-state index in [9.17, 15) is 10.2 Å². The third-order valence-electron chi connectivity index (χ3n) is 6.97. The first-order valence-electron chi connectivity index (χ1n) is 14.7. The topological polar surface area (TPSA) is 94.6 Å². The van der Waals surface area contributed by atoms with Crippen molar-refractivity contribution in [2.24, 2.45) is 0 Å². The summed E-state index contributed by atoms with van der Waals surface area (Å²) in [5, 5.41) is 20.2. The smallest absolute Gasteiger partial charge is 0.124 e. The third kappa shape index (κ3) is 10.9. The van der Waals surface area contributed by atoms with E-state index in [4.69, 9.17) is 9.47 Å². The molecule has 0 radical (unpaired) electrons. The lowest BCUT2D eigenvalue weighted by molar-refractivity contribution is 0.0798. The monoisotopic (exact) mass is 754 g/mol. The van der Waals surface area contributed by atoms with Gasteiger partial charge in [-0.25, -0.2) is 9.97 Å². The molecule has 0 aliphatic heterocycles. The van der Waals surface area contributed by atoms with E-state index in [1.54, 1.807) is 33.4 Å². The molecule has 4 rings (SSSR count). The second-order valence-electron chi connectivity index (χ2n) is 14.0. The number of hydrogen-bond acceptors (Lipinski definition) is 6. The minimum Gasteiger partial charge on any atom is -0.389 e. The van der Waals surface area contributed by atoms with E-state index < -0.39 is 27.9 Å². The molecule has 1 atom stereocenters. The zero-order chi connectivity index (χ0) is 32.2. The fourth-order valence-corrected chi connectivity index (χ4v) is 6.78. The van der Waals surface area contributed by atoms with Crippen LogP contribution in [0.15, 0.2) is 45.9 Å². The third-order valence-corrected chi connectivity index (χ3v) is 11.3. The molecule has 0 fully saturated rings. The van der Waals surface area contributed by atoms with Crippen molar-refractivity contribution in [2.75, 3.05) is 13.2 Å². The normalized spacial score (nSPS) is 13.4. The summed E-state index contributed by atoms with van der Waals surface area (Å²) in [6.45, 7) is 21.9. The summed E-state index contributed by atoms with van der Waals surface area (Å²) >= 11 is 7.01. The average Bonchev–Trinajstić information content (AvgIpc) is 3.46. The molecule has 2 heterocycles. The maximum Gasteiger partial charge on any atom is 0.124 e. The first-order valence-corrected chi connectivity index (χ1v) is 23.7. The Hall–Kier alpha value is -1.39. The van der Waals surface area contributed by atoms with Gasteiger partial charge in [0, 0.05) is 49.4 Å². The highest BCUT2D eigenvalue weighted by molar-refractivity contribution is 9.10. The Balaban J connectivity index is 0.000000236. The van der Waals surface area contributed by atoms with Crippen molar-refractivity contribution in [1.82, 2.24) is 19.1 Å². The van der Waals surface area contributed by atoms with E-state index in [1.165, 1.54) is 0 Å². The Morgan fingerprint density at radius 3 is 1.67 bits per heavy atom. The van der Waals surface area contributed by atoms with Gasteiger partial charge in [0.25, 0.3) is 0 Å². The van der Waals surface area contributed by atoms with Crippen molar-refractivity contribution in [2.45, 2.75) is 97.3 Å². The molecule has 0 bridgehead atoms. The summed E-state index contributed by atoms with van der Waals surface area (Å²) in [4.78, 5) is 8.88. The number of fused-ring (bicyclic) bond motifs is 2. The molecule has 2 N–H and O–H groups in total. The van der Waals surface area contributed by atoms with Crippen LogP contribution in [-0.2, 0) is 28.5 Å². The van der Waals surface area contributed by atoms with Gasteiger partial charge >= 0.3 is 0 Å². The zero-order valence-electron chi connectivity index (χ0n) is 27.0. The molecular formula is C31H48Br2N4O4Si2. The highest BCUT2D eigenvalue weighted by Gasteiger charge is 2.22. The fraction of sp³-hybridized carbons (Fsp3) is 0.548. The number of halogens is 2. The molecule has 0 aliphatic rings. The Labute approximate surface area is 275 Å². The number of ether oxygens (including phenoxy) is 2. The van der Waals surface area contributed by atoms with Gasteiger partial charge in [-0.1, -0.05) is 71.1 Å². The second-order valence-corrected chi connectivity index (χ2v) is 27.1. The number of benzene rings is 2. The Morgan fingerprint density at radius 2 is 1.23 bits per heavy atom. The number of rotatable bonds is 12. The summed E-state index contributed by atoms with van der Waals surface area (Å²) in [7, 11) is -2.12. The summed E-state index contributed by atoms with van der Waals surface area (Å²) in [5.41, 5.74) is 4.33. The van der Waals surface area contributed by atoms with Crippen LogP contribution in [0, 0.1) is 0 Å². The van der Waals surface area contributed by atoms with E-state index in [-0.39, 0.29) is 0 Å². The molecule has 0 amide bonds. The van der Waals surface area contributed by atoms with Crippen LogP contribution in [0.1, 0.15) is 38.0 Å². The largest absolute Gasteiger partial charge is 0.389 e. The first kappa shape index (κ1) is 36.1. The highest BCUT2D eigenvalue weighted by atomic mass is 79.9. The van der Waals surface area contributed by atoms with Gasteiger partial charge in [-0.3, -0.25) is 0 Å². The predicted molar refractivity (Wildman–Crippen MR) is 189 cm³/mol. The SMILES string of the molecule is CC(C)(O)c1cc(Br)cc2c1ncn2COCC[Si](C)(C)C.CC(O)c1cc(Br)cc2c1ncn2COCC[Si](C)(C)C. The van der Waals surface area contributed by atoms with Crippen LogP contribution in [-0.4, -0.2) is 58.7 Å². The molecular weight excluding hydrogens is 708 g/mol. The molecule has 4 aromatic rings. The van der Waals surface area contributed by atoms with Crippen LogP contribution < -0.4 is 0 Å². The molecule has 12 heteroatoms. The number of aromatic nitrogens is 4. The van der Waals surface area contributed by atoms with Gasteiger partial charge in [0.1, 0.15) is 13.5 Å². The van der Waals surface area contributed by atoms with Gasteiger partial charge in [-0.15, -0.1) is 0 Å². The molecule has 0 spiro atoms. The van der Waals surface area contributed by atoms with Crippen LogP contribution >= 0.6 is 31.9 Å². The molecule has 2 aromatic heterocycles. The van der Waals surface area contributed by atoms with Gasteiger partial charge in [0.05, 0.1) is 46.4 Å². The maximum absolute atomic E-state index is 10.3. The fourth-order valence-electron chi connectivity index (χ4n) is 4.36. The van der Waals surface area contributed by atoms with Crippen molar-refractivity contribution in [3.63, 3.8) is 0 Å². The van der Waals surface area contributed by atoms with Crippen LogP contribution in [0.25, 0.3) is 22.1 Å². The summed E-state index contributed by atoms with van der Waals surface area (Å²) in [6, 6.07) is 10.2. The van der Waals surface area contributed by atoms with Crippen molar-refractivity contribution < 1.29 is 19.7 Å². The Bertz CT molecular complexity index is 1500. The lowest BCUT2D eigenvalue weighted by atomic mass is 9.97. The van der Waals surface area contributed by atoms with Gasteiger partial charge in [0.15, 0.2) is 0 Å². The number of hydrogen-bond donors (Lipinski definition) is 2. The van der Waals surface area contributed by atoms with Crippen molar-refractivity contribution in [3.05, 3.63) is 57.0 Å². The molecule has 0 aliphatic carbocycles. The molecule has 238 valence electrons. The van der Waals surface area contributed by atoms with E-state index >= 15 is 0 Å². The van der Waals surface area contributed by atoms with E-state index in [0.29, 0.717) is 13.5 Å². The van der Waals surface area contributed by atoms with E-state index in [0.717, 1.165) is 67.4 Å². The number of aliphatic hydroxyl groups is 2. The molecule has 2 aromatic carbocycles. The van der Waals surface area contributed by atoms with E-state index in [2.05, 4.69) is 81.1 Å². The summed E-state index contributed by atoms with van der Waals surface area (Å²) < 4.78 is 17.4. The van der Waals surface area contributed by atoms with Gasteiger partial charge in [-0.2, -0.15) is 0 Å². The molecule has 0 saturated carbocycles. The van der Waals surface area contributed by atoms with Crippen molar-refractivity contribution in [1.29, 1.82) is 0 Å². The van der Waals surface area contributed by atoms with Crippen LogP contribution in [0.2, 0.25) is 51.4 Å². The van der Waals surface area contributed by atoms with Crippen LogP contribution in [0.4, 0.5) is 0 Å². The minimum absolute atomic E-state index is 0.489. The lowest BCUT2D eigenvalue weighted by Crippen LogP contribution is -2.22. The Kier molecular flexibility index (Phi) is 12.4. The highest BCUT2D eigenvalue weighted by Crippen LogP contribution is 2.31. The van der Waals surface area contributed by atoms with E-state index in [1.807, 2.05) is 33.4 Å². The standard InChI is InChI=1S/C16H25BrN2O2Si.C15H23BrN2O2Si/c1-16(2,20)13-8-12(17)9-14-15(13)18-10-19(14)11-21-6-7-22(3,4)5;1-11(19)13-7-12(16)8-14-15(13)17-9-18(14)10-20-5-6-21(2,3)4/h8-10,20H,6-7,11H2,1-5H3;7-9,11,19H,5-6,10H2,1-4H3. The number of nitrogens with zero attached hydrogens (tertiary/aromatic N) is 4. The Morgan fingerprint density at radius 1 is 0.791 bits per heavy atom. The molecule has 0 saturated heterocycles. The van der Waals surface area contributed by atoms with Crippen LogP contribution in [0.3, 0.4) is 0 Å². The number of aliphatic hydroxyl groups excluding tert-OH is 1. The van der Waals surface area contributed by atoms with Gasteiger partial charge in [0.2, 0.25) is 0 Å². The predicted octanol–water partition coefficient (Wildman–Crippen LogP) is 8.50. The summed E-state index contributed by atoms with van der Waals surface area (Å²) in [6.07, 6.45) is 3.01. The summed E-state index contributed by atoms with van der Waals surface area (Å²) in [5.74, 6) is 0. The molecule has 8 nitrogen and oxygen atoms in total. The van der Waals surface area contributed by atoms with Gasteiger partial charge in [-0.05, 0) is 57.1 Å². The van der Waals surface area contributed by atoms with Crippen molar-refractivity contribution in [3.8, 4) is 0 Å². The molecule has 1 unspecified atom stereocenters. The van der Waals surface area contributed by atoms with Gasteiger partial charge < -0.3 is 28.8 Å². The maximum atomic E-state index is 10.3. The first-order chi connectivity index (χ1) is 19.9. The lowest BCUT2D eigenvalue weighted by Gasteiger charge is -2.19. The quantitative estimate of drug-likeness (QED) is 0.111. The minimum atomic E-state index is -1.07. The number of imidazole rings is 2. The molecule has 43 heavy (non-hydrogen) atoms. The second kappa shape index (κ2) is 14.8. The zero-order valence-corrected chi connectivity index (χ0v) is 32.2.